The van der Waals surface area contributed by atoms with Crippen LogP contribution in [0, 0.1) is 0 Å². The summed E-state index contributed by atoms with van der Waals surface area (Å²) in [5.74, 6) is 0. The van der Waals surface area contributed by atoms with Gasteiger partial charge in [0.25, 0.3) is 6.71 Å². The molecule has 442 valence electrons. The Hall–Kier alpha value is -9.84. The maximum Gasteiger partial charge on any atom is 0.252 e. The largest absolute Gasteiger partial charge is 0.456 e. The zero-order chi connectivity index (χ0) is 62.4. The summed E-state index contributed by atoms with van der Waals surface area (Å²) in [5, 5.41) is 14.5. The van der Waals surface area contributed by atoms with E-state index in [0.717, 1.165) is 49.8 Å². The molecule has 0 spiro atoms. The van der Waals surface area contributed by atoms with Crippen molar-refractivity contribution in [1.29, 1.82) is 0 Å². The van der Waals surface area contributed by atoms with E-state index in [1.54, 1.807) is 0 Å². The minimum absolute atomic E-state index is 0.132. The van der Waals surface area contributed by atoms with Gasteiger partial charge in [0.1, 0.15) is 11.2 Å². The molecule has 2 aromatic heterocycles. The first kappa shape index (κ1) is 55.2. The molecule has 2 aliphatic rings. The topological polar surface area (TPSA) is 24.6 Å². The third kappa shape index (κ3) is 8.71. The molecule has 5 heteroatoms. The van der Waals surface area contributed by atoms with Crippen molar-refractivity contribution in [3.05, 3.63) is 253 Å². The minimum Gasteiger partial charge on any atom is -0.456 e. The average molecular weight is 1180 g/mol. The van der Waals surface area contributed by atoms with Gasteiger partial charge >= 0.3 is 0 Å². The number of anilines is 6. The molecule has 4 nitrogen and oxygen atoms in total. The second-order valence-electron chi connectivity index (χ2n) is 30.3. The maximum absolute atomic E-state index is 6.64. The Morgan fingerprint density at radius 1 is 0.308 bits per heavy atom. The van der Waals surface area contributed by atoms with Crippen LogP contribution in [0.3, 0.4) is 0 Å². The van der Waals surface area contributed by atoms with E-state index in [4.69, 9.17) is 4.42 Å². The van der Waals surface area contributed by atoms with Crippen molar-refractivity contribution >= 4 is 144 Å². The third-order valence-corrected chi connectivity index (χ3v) is 20.1. The molecule has 0 atom stereocenters. The smallest absolute Gasteiger partial charge is 0.252 e. The summed E-state index contributed by atoms with van der Waals surface area (Å²) in [5.41, 5.74) is 23.2. The van der Waals surface area contributed by atoms with E-state index in [1.165, 1.54) is 127 Å². The first-order valence-corrected chi connectivity index (χ1v) is 32.6. The predicted octanol–water partition coefficient (Wildman–Crippen LogP) is 22.2. The van der Waals surface area contributed by atoms with E-state index in [-0.39, 0.29) is 28.4 Å². The Morgan fingerprint density at radius 3 is 1.24 bits per heavy atom. The van der Waals surface area contributed by atoms with Crippen LogP contribution in [0.5, 0.6) is 0 Å². The number of fused-ring (bicyclic) bond motifs is 15. The highest BCUT2D eigenvalue weighted by Crippen LogP contribution is 2.51. The van der Waals surface area contributed by atoms with E-state index in [9.17, 15) is 0 Å². The lowest BCUT2D eigenvalue weighted by molar-refractivity contribution is 0.568. The van der Waals surface area contributed by atoms with Crippen LogP contribution in [0.1, 0.15) is 105 Å². The number of para-hydroxylation sites is 2. The fourth-order valence-electron chi connectivity index (χ4n) is 15.1. The molecular formula is C86H74BN3O. The number of aromatic nitrogens is 1. The Kier molecular flexibility index (Phi) is 11.7. The molecule has 0 N–H and O–H groups in total. The maximum atomic E-state index is 6.64. The number of furan rings is 1. The number of hydrogen-bond acceptors (Lipinski definition) is 3. The lowest BCUT2D eigenvalue weighted by atomic mass is 9.33. The van der Waals surface area contributed by atoms with Crippen LogP contribution >= 0.6 is 0 Å². The van der Waals surface area contributed by atoms with Crippen molar-refractivity contribution in [1.82, 2.24) is 4.57 Å². The van der Waals surface area contributed by atoms with Crippen LogP contribution in [0.15, 0.2) is 235 Å². The first-order chi connectivity index (χ1) is 43.6. The molecule has 17 rings (SSSR count). The molecule has 4 heterocycles. The molecule has 0 aliphatic carbocycles. The van der Waals surface area contributed by atoms with Crippen LogP contribution in [-0.2, 0) is 21.7 Å². The standard InChI is InChI=1S/C86H74BN3O/c1-83(2,3)61-45-62(84(4,5)6)48-66(47-61)88-74-41-58-36-53-24-18-16-22-51(53)34-56(58)39-71(74)87-72-40-57-35-52-23-17-19-25-54(52)37-59(57)42-75(72)89(67-49-63(85(7,8)9)46-64(50-67)86(10,11)12)77-44-60(43-76(88)81(77)87)55-30-32-73-70(38-55)68-31-33-79-80(69-28-20-21-29-78(69)91-79)82(68)90(73)65-26-14-13-15-27-65/h13-50H,1-12H3. The fraction of sp³-hybridized carbons (Fsp3) is 0.186. The predicted molar refractivity (Wildman–Crippen MR) is 392 cm³/mol. The van der Waals surface area contributed by atoms with Gasteiger partial charge in [0.05, 0.1) is 16.4 Å². The molecule has 0 fully saturated rings. The van der Waals surface area contributed by atoms with Gasteiger partial charge in [0, 0.05) is 56.0 Å². The highest BCUT2D eigenvalue weighted by molar-refractivity contribution is 7.00. The van der Waals surface area contributed by atoms with Crippen LogP contribution in [0.4, 0.5) is 34.1 Å². The van der Waals surface area contributed by atoms with Gasteiger partial charge in [0.2, 0.25) is 0 Å². The minimum atomic E-state index is -0.136. The molecule has 0 unspecified atom stereocenters. The Balaban J connectivity index is 1.04. The number of benzene rings is 13. The Labute approximate surface area is 534 Å². The van der Waals surface area contributed by atoms with Gasteiger partial charge in [-0.15, -0.1) is 0 Å². The average Bonchev–Trinajstić information content (AvgIpc) is 0.801. The van der Waals surface area contributed by atoms with Crippen molar-refractivity contribution in [2.24, 2.45) is 0 Å². The van der Waals surface area contributed by atoms with Crippen molar-refractivity contribution in [2.75, 3.05) is 9.80 Å². The molecule has 15 aromatic rings. The zero-order valence-corrected chi connectivity index (χ0v) is 54.3. The molecule has 0 bridgehead atoms. The van der Waals surface area contributed by atoms with Gasteiger partial charge in [-0.25, -0.2) is 0 Å². The van der Waals surface area contributed by atoms with Crippen LogP contribution in [0.25, 0.3) is 104 Å². The van der Waals surface area contributed by atoms with Gasteiger partial charge in [-0.1, -0.05) is 198 Å². The number of rotatable bonds is 4. The zero-order valence-electron chi connectivity index (χ0n) is 54.3. The van der Waals surface area contributed by atoms with Crippen LogP contribution < -0.4 is 26.2 Å². The highest BCUT2D eigenvalue weighted by Gasteiger charge is 2.45. The molecule has 0 saturated carbocycles. The summed E-state index contributed by atoms with van der Waals surface area (Å²) in [7, 11) is 0. The number of nitrogens with zero attached hydrogens (tertiary/aromatic N) is 3. The Bertz CT molecular complexity index is 5310. The molecule has 2 aliphatic heterocycles. The van der Waals surface area contributed by atoms with E-state index < -0.39 is 0 Å². The van der Waals surface area contributed by atoms with E-state index in [0.29, 0.717) is 0 Å². The summed E-state index contributed by atoms with van der Waals surface area (Å²) in [6.45, 7) is 28.3. The second kappa shape index (κ2) is 19.3. The lowest BCUT2D eigenvalue weighted by Gasteiger charge is -2.45. The molecule has 0 amide bonds. The summed E-state index contributed by atoms with van der Waals surface area (Å²) in [6, 6.07) is 88.7. The molecule has 0 radical (unpaired) electrons. The molecular weight excluding hydrogens is 1100 g/mol. The van der Waals surface area contributed by atoms with E-state index in [2.05, 4.69) is 328 Å². The SMILES string of the molecule is CC(C)(C)c1cc(N2c3cc4cc5ccccc5cc4cc3B3c4cc5cc6ccccc6cc5cc4N(c4cc(C(C)(C)C)cc(C(C)(C)C)c4)c4cc(-c5ccc6c(c5)c5ccc7oc8ccccc8c7c5n6-c5ccccc5)cc2c43)cc(C(C)(C)C)c1. The van der Waals surface area contributed by atoms with Crippen molar-refractivity contribution in [3.8, 4) is 16.8 Å². The lowest BCUT2D eigenvalue weighted by Crippen LogP contribution is -2.61. The van der Waals surface area contributed by atoms with Crippen molar-refractivity contribution in [2.45, 2.75) is 105 Å². The first-order valence-electron chi connectivity index (χ1n) is 32.6. The summed E-state index contributed by atoms with van der Waals surface area (Å²) >= 11 is 0. The second-order valence-corrected chi connectivity index (χ2v) is 30.3. The normalized spacial score (nSPS) is 13.6. The number of hydrogen-bond donors (Lipinski definition) is 0. The molecule has 0 saturated heterocycles. The summed E-state index contributed by atoms with van der Waals surface area (Å²) in [4.78, 5) is 5.36. The van der Waals surface area contributed by atoms with Crippen molar-refractivity contribution < 1.29 is 4.42 Å². The summed E-state index contributed by atoms with van der Waals surface area (Å²) < 4.78 is 9.10. The quantitative estimate of drug-likeness (QED) is 0.130. The molecule has 13 aromatic carbocycles. The fourth-order valence-corrected chi connectivity index (χ4v) is 15.1. The van der Waals surface area contributed by atoms with Gasteiger partial charge in [-0.3, -0.25) is 0 Å². The third-order valence-electron chi connectivity index (χ3n) is 20.1. The van der Waals surface area contributed by atoms with Crippen LogP contribution in [0.2, 0.25) is 0 Å². The van der Waals surface area contributed by atoms with E-state index in [1.807, 2.05) is 0 Å². The summed E-state index contributed by atoms with van der Waals surface area (Å²) in [6.07, 6.45) is 0. The van der Waals surface area contributed by atoms with Gasteiger partial charge in [0.15, 0.2) is 0 Å². The van der Waals surface area contributed by atoms with E-state index >= 15 is 0 Å². The Morgan fingerprint density at radius 2 is 0.758 bits per heavy atom. The van der Waals surface area contributed by atoms with Crippen LogP contribution in [-0.4, -0.2) is 11.3 Å². The van der Waals surface area contributed by atoms with Gasteiger partial charge in [-0.2, -0.15) is 0 Å². The van der Waals surface area contributed by atoms with Gasteiger partial charge in [-0.05, 0) is 230 Å². The van der Waals surface area contributed by atoms with Gasteiger partial charge < -0.3 is 18.8 Å². The highest BCUT2D eigenvalue weighted by atomic mass is 16.3. The monoisotopic (exact) mass is 1180 g/mol. The molecule has 91 heavy (non-hydrogen) atoms. The van der Waals surface area contributed by atoms with Crippen molar-refractivity contribution in [3.63, 3.8) is 0 Å².